The van der Waals surface area contributed by atoms with Crippen molar-refractivity contribution < 1.29 is 18.6 Å². The molecule has 0 aliphatic rings. The van der Waals surface area contributed by atoms with Crippen molar-refractivity contribution in [3.8, 4) is 11.5 Å². The van der Waals surface area contributed by atoms with Crippen molar-refractivity contribution in [1.29, 1.82) is 0 Å². The molecule has 3 N–H and O–H groups in total. The molecule has 0 aromatic heterocycles. The fourth-order valence-electron chi connectivity index (χ4n) is 1.32. The Bertz CT molecular complexity index is 385. The average molecular weight is 252 g/mol. The van der Waals surface area contributed by atoms with Gasteiger partial charge in [0, 0.05) is 17.5 Å². The van der Waals surface area contributed by atoms with Gasteiger partial charge < -0.3 is 15.6 Å². The van der Waals surface area contributed by atoms with Crippen LogP contribution in [0.25, 0.3) is 0 Å². The maximum absolute atomic E-state index is 13.6. The highest BCUT2D eigenvalue weighted by Crippen LogP contribution is 2.43. The van der Waals surface area contributed by atoms with Gasteiger partial charge in [-0.25, -0.2) is 8.78 Å². The molecule has 90 valence electrons. The summed E-state index contributed by atoms with van der Waals surface area (Å²) in [5.74, 6) is -3.92. The molecule has 0 radical (unpaired) electrons. The van der Waals surface area contributed by atoms with Crippen molar-refractivity contribution in [3.63, 3.8) is 0 Å². The second-order valence-corrected chi connectivity index (χ2v) is 3.68. The second kappa shape index (κ2) is 4.84. The molecule has 1 aromatic rings. The summed E-state index contributed by atoms with van der Waals surface area (Å²) in [5.41, 5.74) is 4.52. The minimum absolute atomic E-state index is 0.0707. The van der Waals surface area contributed by atoms with E-state index in [1.54, 1.807) is 0 Å². The van der Waals surface area contributed by atoms with Crippen molar-refractivity contribution in [2.75, 3.05) is 13.7 Å². The van der Waals surface area contributed by atoms with Crippen LogP contribution in [-0.2, 0) is 5.92 Å². The molecule has 0 heterocycles. The zero-order valence-corrected chi connectivity index (χ0v) is 9.39. The smallest absolute Gasteiger partial charge is 0.278 e. The molecule has 1 rings (SSSR count). The molecule has 6 heteroatoms. The van der Waals surface area contributed by atoms with E-state index in [0.717, 1.165) is 6.07 Å². The lowest BCUT2D eigenvalue weighted by atomic mass is 10.0. The highest BCUT2D eigenvalue weighted by Gasteiger charge is 2.35. The summed E-state index contributed by atoms with van der Waals surface area (Å²) in [5, 5.41) is 9.64. The number of aromatic hydroxyl groups is 1. The van der Waals surface area contributed by atoms with Gasteiger partial charge in [0.25, 0.3) is 5.92 Å². The maximum Gasteiger partial charge on any atom is 0.278 e. The molecule has 0 aliphatic carbocycles. The van der Waals surface area contributed by atoms with Crippen LogP contribution in [0.5, 0.6) is 11.5 Å². The van der Waals surface area contributed by atoms with Crippen LogP contribution >= 0.6 is 11.6 Å². The zero-order valence-electron chi connectivity index (χ0n) is 8.64. The van der Waals surface area contributed by atoms with Crippen molar-refractivity contribution in [1.82, 2.24) is 0 Å². The molecule has 0 amide bonds. The number of nitrogens with two attached hydrogens (primary N) is 1. The van der Waals surface area contributed by atoms with E-state index < -0.39 is 23.7 Å². The lowest BCUT2D eigenvalue weighted by Gasteiger charge is -2.18. The molecule has 0 bridgehead atoms. The lowest BCUT2D eigenvalue weighted by Crippen LogP contribution is -2.19. The number of phenols is 1. The lowest BCUT2D eigenvalue weighted by molar-refractivity contribution is -0.0130. The molecular weight excluding hydrogens is 240 g/mol. The molecule has 1 aromatic carbocycles. The summed E-state index contributed by atoms with van der Waals surface area (Å²) in [6.07, 6.45) is -0.565. The average Bonchev–Trinajstić information content (AvgIpc) is 2.20. The van der Waals surface area contributed by atoms with Gasteiger partial charge in [0.2, 0.25) is 0 Å². The van der Waals surface area contributed by atoms with Crippen LogP contribution in [0.1, 0.15) is 12.0 Å². The first-order valence-electron chi connectivity index (χ1n) is 4.57. The molecule has 0 atom stereocenters. The van der Waals surface area contributed by atoms with Gasteiger partial charge in [-0.2, -0.15) is 0 Å². The number of benzene rings is 1. The van der Waals surface area contributed by atoms with E-state index in [4.69, 9.17) is 22.1 Å². The predicted octanol–water partition coefficient (Wildman–Crippen LogP) is 2.49. The van der Waals surface area contributed by atoms with Crippen molar-refractivity contribution >= 4 is 11.6 Å². The number of halogens is 3. The van der Waals surface area contributed by atoms with Gasteiger partial charge in [0.1, 0.15) is 0 Å². The van der Waals surface area contributed by atoms with Crippen LogP contribution in [0.15, 0.2) is 12.1 Å². The monoisotopic (exact) mass is 251 g/mol. The van der Waals surface area contributed by atoms with Crippen molar-refractivity contribution in [2.45, 2.75) is 12.3 Å². The molecule has 0 aliphatic heterocycles. The minimum Gasteiger partial charge on any atom is -0.504 e. The zero-order chi connectivity index (χ0) is 12.3. The van der Waals surface area contributed by atoms with Crippen LogP contribution in [0.3, 0.4) is 0 Å². The van der Waals surface area contributed by atoms with E-state index in [1.807, 2.05) is 0 Å². The van der Waals surface area contributed by atoms with E-state index in [1.165, 1.54) is 13.2 Å². The maximum atomic E-state index is 13.6. The number of methoxy groups -OCH3 is 1. The molecule has 0 fully saturated rings. The molecular formula is C10H12ClF2NO2. The largest absolute Gasteiger partial charge is 0.504 e. The van der Waals surface area contributed by atoms with Crippen molar-refractivity contribution in [3.05, 3.63) is 22.7 Å². The highest BCUT2D eigenvalue weighted by atomic mass is 35.5. The quantitative estimate of drug-likeness (QED) is 0.864. The number of alkyl halides is 2. The van der Waals surface area contributed by atoms with Gasteiger partial charge in [0.05, 0.1) is 12.7 Å². The molecule has 0 spiro atoms. The van der Waals surface area contributed by atoms with E-state index in [-0.39, 0.29) is 17.3 Å². The SMILES string of the molecule is COc1cc(Cl)cc(C(F)(F)CCN)c1O. The minimum atomic E-state index is -3.23. The number of ether oxygens (including phenoxy) is 1. The number of phenolic OH excluding ortho intramolecular Hbond substituents is 1. The van der Waals surface area contributed by atoms with E-state index in [0.29, 0.717) is 0 Å². The molecule has 0 unspecified atom stereocenters. The predicted molar refractivity (Wildman–Crippen MR) is 57.2 cm³/mol. The summed E-state index contributed by atoms with van der Waals surface area (Å²) < 4.78 is 31.9. The summed E-state index contributed by atoms with van der Waals surface area (Å²) in [4.78, 5) is 0. The normalized spacial score (nSPS) is 11.6. The van der Waals surface area contributed by atoms with Crippen LogP contribution in [0, 0.1) is 0 Å². The first-order valence-corrected chi connectivity index (χ1v) is 4.95. The van der Waals surface area contributed by atoms with Crippen molar-refractivity contribution in [2.24, 2.45) is 5.73 Å². The number of hydrogen-bond acceptors (Lipinski definition) is 3. The van der Waals surface area contributed by atoms with E-state index >= 15 is 0 Å². The summed E-state index contributed by atoms with van der Waals surface area (Å²) in [6, 6.07) is 2.27. The molecule has 16 heavy (non-hydrogen) atoms. The van der Waals surface area contributed by atoms with Gasteiger partial charge in [-0.3, -0.25) is 0 Å². The van der Waals surface area contributed by atoms with Crippen LogP contribution in [0.2, 0.25) is 5.02 Å². The first-order chi connectivity index (χ1) is 7.42. The Kier molecular flexibility index (Phi) is 3.93. The van der Waals surface area contributed by atoms with E-state index in [9.17, 15) is 13.9 Å². The standard InChI is InChI=1S/C10H12ClF2NO2/c1-16-8-5-6(11)4-7(9(8)15)10(12,13)2-3-14/h4-5,15H,2-3,14H2,1H3. The molecule has 3 nitrogen and oxygen atoms in total. The number of rotatable bonds is 4. The fraction of sp³-hybridized carbons (Fsp3) is 0.400. The summed E-state index contributed by atoms with van der Waals surface area (Å²) in [6.45, 7) is -0.193. The Labute approximate surface area is 96.8 Å². The third kappa shape index (κ3) is 2.54. The van der Waals surface area contributed by atoms with Gasteiger partial charge in [-0.05, 0) is 12.6 Å². The van der Waals surface area contributed by atoms with Gasteiger partial charge in [-0.1, -0.05) is 11.6 Å². The first kappa shape index (κ1) is 13.0. The summed E-state index contributed by atoms with van der Waals surface area (Å²) >= 11 is 5.65. The Morgan fingerprint density at radius 1 is 1.50 bits per heavy atom. The van der Waals surface area contributed by atoms with Crippen LogP contribution in [-0.4, -0.2) is 18.8 Å². The molecule has 0 saturated heterocycles. The second-order valence-electron chi connectivity index (χ2n) is 3.25. The third-order valence-electron chi connectivity index (χ3n) is 2.11. The van der Waals surface area contributed by atoms with Crippen LogP contribution < -0.4 is 10.5 Å². The Morgan fingerprint density at radius 3 is 2.62 bits per heavy atom. The highest BCUT2D eigenvalue weighted by molar-refractivity contribution is 6.30. The topological polar surface area (TPSA) is 55.5 Å². The van der Waals surface area contributed by atoms with E-state index in [2.05, 4.69) is 0 Å². The fourth-order valence-corrected chi connectivity index (χ4v) is 1.53. The Morgan fingerprint density at radius 2 is 2.12 bits per heavy atom. The number of hydrogen-bond donors (Lipinski definition) is 2. The van der Waals surface area contributed by atoms with Gasteiger partial charge in [-0.15, -0.1) is 0 Å². The summed E-state index contributed by atoms with van der Waals surface area (Å²) in [7, 11) is 1.26. The Balaban J connectivity index is 3.27. The third-order valence-corrected chi connectivity index (χ3v) is 2.33. The van der Waals surface area contributed by atoms with Gasteiger partial charge in [0.15, 0.2) is 11.5 Å². The Hall–Kier alpha value is -1.07. The van der Waals surface area contributed by atoms with Gasteiger partial charge >= 0.3 is 0 Å². The molecule has 0 saturated carbocycles. The van der Waals surface area contributed by atoms with Crippen LogP contribution in [0.4, 0.5) is 8.78 Å².